The SMILES string of the molecule is CCOC(=O)Cc1csc(CSC)n1. The summed E-state index contributed by atoms with van der Waals surface area (Å²) in [4.78, 5) is 15.4. The van der Waals surface area contributed by atoms with E-state index in [-0.39, 0.29) is 5.97 Å². The summed E-state index contributed by atoms with van der Waals surface area (Å²) >= 11 is 3.32. The molecule has 0 radical (unpaired) electrons. The molecular formula is C9H13NO2S2. The second kappa shape index (κ2) is 6.03. The minimum absolute atomic E-state index is 0.200. The zero-order chi connectivity index (χ0) is 10.4. The van der Waals surface area contributed by atoms with Crippen LogP contribution in [0.3, 0.4) is 0 Å². The third kappa shape index (κ3) is 3.67. The molecule has 5 heteroatoms. The maximum absolute atomic E-state index is 11.1. The fraction of sp³-hybridized carbons (Fsp3) is 0.556. The number of rotatable bonds is 5. The number of hydrogen-bond donors (Lipinski definition) is 0. The summed E-state index contributed by atoms with van der Waals surface area (Å²) in [7, 11) is 0. The lowest BCUT2D eigenvalue weighted by Crippen LogP contribution is -2.07. The number of esters is 1. The molecule has 0 bridgehead atoms. The Balaban J connectivity index is 2.46. The standard InChI is InChI=1S/C9H13NO2S2/c1-3-12-9(11)4-7-5-14-8(10-7)6-13-2/h5H,3-4,6H2,1-2H3. The minimum atomic E-state index is -0.200. The summed E-state index contributed by atoms with van der Waals surface area (Å²) < 4.78 is 4.84. The Morgan fingerprint density at radius 2 is 2.50 bits per heavy atom. The molecule has 0 unspecified atom stereocenters. The van der Waals surface area contributed by atoms with Crippen molar-refractivity contribution in [3.8, 4) is 0 Å². The number of hydrogen-bond acceptors (Lipinski definition) is 5. The summed E-state index contributed by atoms with van der Waals surface area (Å²) in [5.41, 5.74) is 0.817. The highest BCUT2D eigenvalue weighted by Gasteiger charge is 2.07. The molecule has 1 aromatic rings. The highest BCUT2D eigenvalue weighted by atomic mass is 32.2. The zero-order valence-corrected chi connectivity index (χ0v) is 9.91. The van der Waals surface area contributed by atoms with Crippen molar-refractivity contribution in [1.29, 1.82) is 0 Å². The predicted octanol–water partition coefficient (Wildman–Crippen LogP) is 2.11. The van der Waals surface area contributed by atoms with E-state index in [1.165, 1.54) is 0 Å². The van der Waals surface area contributed by atoms with Crippen LogP contribution in [0.2, 0.25) is 0 Å². The summed E-state index contributed by atoms with van der Waals surface area (Å²) in [6.07, 6.45) is 2.32. The van der Waals surface area contributed by atoms with Gasteiger partial charge in [-0.2, -0.15) is 11.8 Å². The second-order valence-electron chi connectivity index (χ2n) is 2.65. The Hall–Kier alpha value is -0.550. The van der Waals surface area contributed by atoms with Crippen LogP contribution in [0.15, 0.2) is 5.38 Å². The third-order valence-corrected chi connectivity index (χ3v) is 3.14. The lowest BCUT2D eigenvalue weighted by molar-refractivity contribution is -0.142. The van der Waals surface area contributed by atoms with Crippen molar-refractivity contribution in [2.75, 3.05) is 12.9 Å². The third-order valence-electron chi connectivity index (χ3n) is 1.50. The van der Waals surface area contributed by atoms with Crippen molar-refractivity contribution >= 4 is 29.1 Å². The van der Waals surface area contributed by atoms with Crippen LogP contribution >= 0.6 is 23.1 Å². The van der Waals surface area contributed by atoms with E-state index in [0.717, 1.165) is 16.5 Å². The Kier molecular flexibility index (Phi) is 4.97. The quantitative estimate of drug-likeness (QED) is 0.728. The van der Waals surface area contributed by atoms with E-state index in [4.69, 9.17) is 4.74 Å². The molecule has 0 atom stereocenters. The Morgan fingerprint density at radius 1 is 1.71 bits per heavy atom. The van der Waals surface area contributed by atoms with Gasteiger partial charge < -0.3 is 4.74 Å². The Morgan fingerprint density at radius 3 is 3.14 bits per heavy atom. The predicted molar refractivity (Wildman–Crippen MR) is 59.7 cm³/mol. The van der Waals surface area contributed by atoms with Crippen LogP contribution in [0.1, 0.15) is 17.6 Å². The van der Waals surface area contributed by atoms with Gasteiger partial charge in [-0.1, -0.05) is 0 Å². The van der Waals surface area contributed by atoms with Crippen molar-refractivity contribution in [1.82, 2.24) is 4.98 Å². The molecule has 1 rings (SSSR count). The molecule has 14 heavy (non-hydrogen) atoms. The Bertz CT molecular complexity index is 299. The van der Waals surface area contributed by atoms with Gasteiger partial charge in [-0.25, -0.2) is 4.98 Å². The van der Waals surface area contributed by atoms with Gasteiger partial charge in [0.1, 0.15) is 5.01 Å². The van der Waals surface area contributed by atoms with Crippen molar-refractivity contribution < 1.29 is 9.53 Å². The van der Waals surface area contributed by atoms with Gasteiger partial charge in [0, 0.05) is 11.1 Å². The lowest BCUT2D eigenvalue weighted by Gasteiger charge is -1.97. The van der Waals surface area contributed by atoms with Gasteiger partial charge >= 0.3 is 5.97 Å². The fourth-order valence-electron chi connectivity index (χ4n) is 0.980. The van der Waals surface area contributed by atoms with Crippen LogP contribution in [-0.4, -0.2) is 23.8 Å². The minimum Gasteiger partial charge on any atom is -0.466 e. The van der Waals surface area contributed by atoms with E-state index >= 15 is 0 Å². The first-order chi connectivity index (χ1) is 6.76. The highest BCUT2D eigenvalue weighted by molar-refractivity contribution is 7.97. The number of thioether (sulfide) groups is 1. The van der Waals surface area contributed by atoms with Crippen molar-refractivity contribution in [3.63, 3.8) is 0 Å². The van der Waals surface area contributed by atoms with Crippen molar-refractivity contribution in [2.45, 2.75) is 19.1 Å². The van der Waals surface area contributed by atoms with E-state index < -0.39 is 0 Å². The van der Waals surface area contributed by atoms with Crippen LogP contribution in [0.25, 0.3) is 0 Å². The number of aromatic nitrogens is 1. The van der Waals surface area contributed by atoms with E-state index in [2.05, 4.69) is 4.98 Å². The van der Waals surface area contributed by atoms with Crippen LogP contribution in [0.4, 0.5) is 0 Å². The molecule has 0 saturated carbocycles. The largest absolute Gasteiger partial charge is 0.466 e. The van der Waals surface area contributed by atoms with Crippen LogP contribution < -0.4 is 0 Å². The molecule has 0 amide bonds. The van der Waals surface area contributed by atoms with Gasteiger partial charge in [-0.3, -0.25) is 4.79 Å². The number of ether oxygens (including phenoxy) is 1. The molecule has 0 fully saturated rings. The smallest absolute Gasteiger partial charge is 0.311 e. The molecule has 1 heterocycles. The number of nitrogens with zero attached hydrogens (tertiary/aromatic N) is 1. The first-order valence-electron chi connectivity index (χ1n) is 4.34. The molecule has 1 aromatic heterocycles. The van der Waals surface area contributed by atoms with Crippen molar-refractivity contribution in [3.05, 3.63) is 16.1 Å². The molecular weight excluding hydrogens is 218 g/mol. The summed E-state index contributed by atoms with van der Waals surface area (Å²) in [5, 5.41) is 2.99. The zero-order valence-electron chi connectivity index (χ0n) is 8.28. The molecule has 0 aliphatic carbocycles. The molecule has 0 N–H and O–H groups in total. The lowest BCUT2D eigenvalue weighted by atomic mass is 10.3. The second-order valence-corrected chi connectivity index (χ2v) is 4.46. The van der Waals surface area contributed by atoms with Gasteiger partial charge in [0.05, 0.1) is 18.7 Å². The van der Waals surface area contributed by atoms with Crippen molar-refractivity contribution in [2.24, 2.45) is 0 Å². The van der Waals surface area contributed by atoms with Crippen LogP contribution in [0, 0.1) is 0 Å². The average Bonchev–Trinajstić information content (AvgIpc) is 2.53. The number of thiazole rings is 1. The molecule has 0 aromatic carbocycles. The van der Waals surface area contributed by atoms with E-state index in [1.807, 2.05) is 11.6 Å². The normalized spacial score (nSPS) is 10.1. The first kappa shape index (κ1) is 11.5. The average molecular weight is 231 g/mol. The monoisotopic (exact) mass is 231 g/mol. The fourth-order valence-corrected chi connectivity index (χ4v) is 2.50. The van der Waals surface area contributed by atoms with E-state index in [0.29, 0.717) is 13.0 Å². The maximum atomic E-state index is 11.1. The van der Waals surface area contributed by atoms with Gasteiger partial charge in [0.25, 0.3) is 0 Å². The van der Waals surface area contributed by atoms with Gasteiger partial charge in [0.15, 0.2) is 0 Å². The van der Waals surface area contributed by atoms with Gasteiger partial charge in [-0.05, 0) is 13.2 Å². The maximum Gasteiger partial charge on any atom is 0.311 e. The van der Waals surface area contributed by atoms with Gasteiger partial charge in [-0.15, -0.1) is 11.3 Å². The summed E-state index contributed by atoms with van der Waals surface area (Å²) in [5.74, 6) is 0.710. The molecule has 0 aliphatic heterocycles. The summed E-state index contributed by atoms with van der Waals surface area (Å²) in [6, 6.07) is 0. The molecule has 3 nitrogen and oxygen atoms in total. The van der Waals surface area contributed by atoms with E-state index in [1.54, 1.807) is 30.0 Å². The molecule has 78 valence electrons. The molecule has 0 saturated heterocycles. The van der Waals surface area contributed by atoms with Crippen LogP contribution in [-0.2, 0) is 21.7 Å². The molecule has 0 aliphatic rings. The first-order valence-corrected chi connectivity index (χ1v) is 6.61. The Labute approximate surface area is 91.9 Å². The van der Waals surface area contributed by atoms with Gasteiger partial charge in [0.2, 0.25) is 0 Å². The van der Waals surface area contributed by atoms with Crippen LogP contribution in [0.5, 0.6) is 0 Å². The number of carbonyl (C=O) groups excluding carboxylic acids is 1. The number of carbonyl (C=O) groups is 1. The summed E-state index contributed by atoms with van der Waals surface area (Å²) in [6.45, 7) is 2.23. The molecule has 0 spiro atoms. The topological polar surface area (TPSA) is 39.2 Å². The highest BCUT2D eigenvalue weighted by Crippen LogP contribution is 2.15. The van der Waals surface area contributed by atoms with E-state index in [9.17, 15) is 4.79 Å².